The van der Waals surface area contributed by atoms with Crippen molar-refractivity contribution in [3.8, 4) is 0 Å². The third-order valence-electron chi connectivity index (χ3n) is 5.01. The summed E-state index contributed by atoms with van der Waals surface area (Å²) < 4.78 is 63.5. The highest BCUT2D eigenvalue weighted by Gasteiger charge is 2.60. The first-order valence-electron chi connectivity index (χ1n) is 7.51. The first-order chi connectivity index (χ1) is 10.4. The van der Waals surface area contributed by atoms with Crippen LogP contribution in [0.5, 0.6) is 0 Å². The van der Waals surface area contributed by atoms with Crippen molar-refractivity contribution in [2.24, 2.45) is 0 Å². The lowest BCUT2D eigenvalue weighted by molar-refractivity contribution is -0.138. The zero-order chi connectivity index (χ0) is 17.2. The van der Waals surface area contributed by atoms with Crippen molar-refractivity contribution in [1.29, 1.82) is 0 Å². The van der Waals surface area contributed by atoms with Crippen LogP contribution in [0, 0.1) is 5.82 Å². The predicted octanol–water partition coefficient (Wildman–Crippen LogP) is 4.19. The van der Waals surface area contributed by atoms with Crippen LogP contribution in [0.1, 0.15) is 51.3 Å². The molecule has 0 radical (unpaired) electrons. The van der Waals surface area contributed by atoms with Crippen molar-refractivity contribution in [3.05, 3.63) is 29.3 Å². The van der Waals surface area contributed by atoms with Gasteiger partial charge in [0.2, 0.25) is 0 Å². The molecule has 8 heteroatoms. The van der Waals surface area contributed by atoms with E-state index in [2.05, 4.69) is 4.98 Å². The van der Waals surface area contributed by atoms with Crippen LogP contribution in [-0.4, -0.2) is 23.3 Å². The van der Waals surface area contributed by atoms with Gasteiger partial charge >= 0.3 is 13.3 Å². The topological polar surface area (TPSA) is 31.4 Å². The van der Waals surface area contributed by atoms with Gasteiger partial charge in [-0.25, -0.2) is 4.39 Å². The van der Waals surface area contributed by atoms with E-state index >= 15 is 0 Å². The number of halogens is 4. The van der Waals surface area contributed by atoms with E-state index in [-0.39, 0.29) is 17.4 Å². The van der Waals surface area contributed by atoms with Crippen LogP contribution in [0.3, 0.4) is 0 Å². The van der Waals surface area contributed by atoms with Gasteiger partial charge in [0, 0.05) is 17.9 Å². The average molecular weight is 331 g/mol. The van der Waals surface area contributed by atoms with Gasteiger partial charge in [-0.2, -0.15) is 13.2 Å². The molecule has 3 rings (SSSR count). The Morgan fingerprint density at radius 3 is 2.22 bits per heavy atom. The monoisotopic (exact) mass is 331 g/mol. The zero-order valence-electron chi connectivity index (χ0n) is 13.4. The van der Waals surface area contributed by atoms with E-state index in [1.54, 1.807) is 0 Å². The first-order valence-corrected chi connectivity index (χ1v) is 7.51. The molecule has 0 amide bonds. The van der Waals surface area contributed by atoms with Crippen LogP contribution >= 0.6 is 0 Å². The van der Waals surface area contributed by atoms with Gasteiger partial charge in [-0.1, -0.05) is 0 Å². The maximum atomic E-state index is 14.0. The molecular weight excluding hydrogens is 313 g/mol. The predicted molar refractivity (Wildman–Crippen MR) is 76.4 cm³/mol. The van der Waals surface area contributed by atoms with E-state index < -0.39 is 35.9 Å². The summed E-state index contributed by atoms with van der Waals surface area (Å²) >= 11 is 0. The molecule has 0 spiro atoms. The van der Waals surface area contributed by atoms with Gasteiger partial charge in [0.25, 0.3) is 0 Å². The van der Waals surface area contributed by atoms with Gasteiger partial charge in [-0.15, -0.1) is 0 Å². The van der Waals surface area contributed by atoms with E-state index in [9.17, 15) is 17.6 Å². The maximum absolute atomic E-state index is 14.0. The molecule has 2 fully saturated rings. The van der Waals surface area contributed by atoms with Gasteiger partial charge in [0.05, 0.1) is 22.5 Å². The number of hydrogen-bond donors (Lipinski definition) is 0. The summed E-state index contributed by atoms with van der Waals surface area (Å²) in [5, 5.41) is 0. The number of alkyl halides is 3. The van der Waals surface area contributed by atoms with Crippen molar-refractivity contribution < 1.29 is 26.9 Å². The Morgan fingerprint density at radius 2 is 1.74 bits per heavy atom. The summed E-state index contributed by atoms with van der Waals surface area (Å²) in [7, 11) is -0.492. The molecule has 0 aromatic carbocycles. The molecule has 126 valence electrons. The Balaban J connectivity index is 1.75. The minimum Gasteiger partial charge on any atom is -0.403 e. The van der Waals surface area contributed by atoms with Gasteiger partial charge in [0.15, 0.2) is 0 Å². The van der Waals surface area contributed by atoms with Crippen molar-refractivity contribution in [1.82, 2.24) is 4.98 Å². The van der Waals surface area contributed by atoms with Crippen LogP contribution in [-0.2, 0) is 15.5 Å². The second-order valence-electron chi connectivity index (χ2n) is 7.22. The lowest BCUT2D eigenvalue weighted by Gasteiger charge is -2.32. The van der Waals surface area contributed by atoms with Crippen molar-refractivity contribution in [2.75, 3.05) is 0 Å². The van der Waals surface area contributed by atoms with E-state index in [4.69, 9.17) is 9.31 Å². The lowest BCUT2D eigenvalue weighted by Crippen LogP contribution is -2.41. The molecule has 1 aliphatic carbocycles. The largest absolute Gasteiger partial charge is 0.461 e. The van der Waals surface area contributed by atoms with E-state index in [1.807, 2.05) is 27.7 Å². The highest BCUT2D eigenvalue weighted by atomic mass is 19.4. The molecule has 1 aromatic heterocycles. The Morgan fingerprint density at radius 1 is 1.17 bits per heavy atom. The summed E-state index contributed by atoms with van der Waals surface area (Å²) in [5.41, 5.74) is -2.00. The van der Waals surface area contributed by atoms with Gasteiger partial charge in [-0.05, 0) is 40.2 Å². The smallest absolute Gasteiger partial charge is 0.403 e. The molecule has 0 bridgehead atoms. The second kappa shape index (κ2) is 4.93. The standard InChI is InChI=1S/C15H18BF4NO2/c1-13(2)14(3,4)23-16(22-13)10-6-9(10)12-11(17)5-8(7-21-12)15(18,19)20/h5,7,9-10H,6H2,1-4H3/t9-,10?/m0/s1. The number of nitrogens with zero attached hydrogens (tertiary/aromatic N) is 1. The Hall–Kier alpha value is -1.15. The van der Waals surface area contributed by atoms with Gasteiger partial charge in [0.1, 0.15) is 5.82 Å². The van der Waals surface area contributed by atoms with Gasteiger partial charge < -0.3 is 9.31 Å². The van der Waals surface area contributed by atoms with Gasteiger partial charge in [-0.3, -0.25) is 4.98 Å². The third-order valence-corrected chi connectivity index (χ3v) is 5.01. The summed E-state index contributed by atoms with van der Waals surface area (Å²) in [6.45, 7) is 7.67. The molecule has 2 heterocycles. The molecule has 2 atom stereocenters. The Labute approximate surface area is 132 Å². The van der Waals surface area contributed by atoms with E-state index in [0.29, 0.717) is 18.7 Å². The summed E-state index contributed by atoms with van der Waals surface area (Å²) in [6.07, 6.45) is -3.33. The minimum atomic E-state index is -4.60. The van der Waals surface area contributed by atoms with Crippen molar-refractivity contribution in [3.63, 3.8) is 0 Å². The van der Waals surface area contributed by atoms with E-state index in [0.717, 1.165) is 0 Å². The molecule has 0 N–H and O–H groups in total. The van der Waals surface area contributed by atoms with E-state index in [1.165, 1.54) is 0 Å². The molecule has 1 unspecified atom stereocenters. The molecule has 1 aliphatic heterocycles. The average Bonchev–Trinajstić information content (AvgIpc) is 3.11. The highest BCUT2D eigenvalue weighted by Crippen LogP contribution is 2.58. The lowest BCUT2D eigenvalue weighted by atomic mass is 9.80. The summed E-state index contributed by atoms with van der Waals surface area (Å²) in [4.78, 5) is 3.69. The van der Waals surface area contributed by atoms with Crippen LogP contribution in [0.4, 0.5) is 17.6 Å². The molecule has 1 saturated carbocycles. The molecular formula is C15H18BF4NO2. The third kappa shape index (κ3) is 2.87. The molecule has 3 nitrogen and oxygen atoms in total. The Kier molecular flexibility index (Phi) is 3.58. The zero-order valence-corrected chi connectivity index (χ0v) is 13.4. The molecule has 1 aromatic rings. The van der Waals surface area contributed by atoms with Crippen LogP contribution in [0.25, 0.3) is 0 Å². The first kappa shape index (κ1) is 16.7. The normalized spacial score (nSPS) is 29.0. The quantitative estimate of drug-likeness (QED) is 0.602. The fraction of sp³-hybridized carbons (Fsp3) is 0.667. The number of pyridine rings is 1. The second-order valence-corrected chi connectivity index (χ2v) is 7.22. The number of hydrogen-bond acceptors (Lipinski definition) is 3. The summed E-state index contributed by atoms with van der Waals surface area (Å²) in [6, 6.07) is 0.502. The fourth-order valence-corrected chi connectivity index (χ4v) is 2.77. The molecule has 1 saturated heterocycles. The van der Waals surface area contributed by atoms with Crippen molar-refractivity contribution >= 4 is 7.12 Å². The fourth-order valence-electron chi connectivity index (χ4n) is 2.77. The SMILES string of the molecule is CC1(C)OB(C2C[C@@H]2c2ncc(C(F)(F)F)cc2F)OC1(C)C. The van der Waals surface area contributed by atoms with Crippen LogP contribution in [0.2, 0.25) is 5.82 Å². The number of aromatic nitrogens is 1. The van der Waals surface area contributed by atoms with Crippen molar-refractivity contribution in [2.45, 2.75) is 63.2 Å². The van der Waals surface area contributed by atoms with Crippen LogP contribution < -0.4 is 0 Å². The van der Waals surface area contributed by atoms with Crippen LogP contribution in [0.15, 0.2) is 12.3 Å². The molecule has 23 heavy (non-hydrogen) atoms. The maximum Gasteiger partial charge on any atom is 0.461 e. The Bertz CT molecular complexity index is 616. The minimum absolute atomic E-state index is 0.0534. The number of rotatable bonds is 2. The summed E-state index contributed by atoms with van der Waals surface area (Å²) in [5.74, 6) is -1.29. The highest BCUT2D eigenvalue weighted by molar-refractivity contribution is 6.49. The molecule has 2 aliphatic rings.